The van der Waals surface area contributed by atoms with Crippen molar-refractivity contribution < 1.29 is 13.9 Å². The molecule has 0 aliphatic carbocycles. The monoisotopic (exact) mass is 266 g/mol. The summed E-state index contributed by atoms with van der Waals surface area (Å²) in [6.45, 7) is 4.87. The van der Waals surface area contributed by atoms with Crippen LogP contribution in [0.4, 0.5) is 0 Å². The van der Waals surface area contributed by atoms with Crippen LogP contribution < -0.4 is 5.73 Å². The lowest BCUT2D eigenvalue weighted by atomic mass is 9.91. The van der Waals surface area contributed by atoms with Gasteiger partial charge in [0.2, 0.25) is 5.76 Å². The first kappa shape index (κ1) is 14.1. The first-order chi connectivity index (χ1) is 9.10. The molecular weight excluding hydrogens is 244 g/mol. The van der Waals surface area contributed by atoms with Gasteiger partial charge < -0.3 is 14.9 Å². The minimum absolute atomic E-state index is 0.267. The first-order valence-electron chi connectivity index (χ1n) is 6.75. The number of rotatable bonds is 4. The fourth-order valence-electron chi connectivity index (χ4n) is 2.53. The molecular formula is C14H22N2O3. The van der Waals surface area contributed by atoms with Gasteiger partial charge in [-0.25, -0.2) is 4.79 Å². The summed E-state index contributed by atoms with van der Waals surface area (Å²) in [5.41, 5.74) is 5.93. The van der Waals surface area contributed by atoms with Crippen LogP contribution in [0.1, 0.15) is 36.1 Å². The van der Waals surface area contributed by atoms with E-state index in [2.05, 4.69) is 16.6 Å². The van der Waals surface area contributed by atoms with Gasteiger partial charge in [-0.3, -0.25) is 4.90 Å². The van der Waals surface area contributed by atoms with Gasteiger partial charge in [-0.1, -0.05) is 0 Å². The van der Waals surface area contributed by atoms with Crippen LogP contribution in [0.15, 0.2) is 16.5 Å². The number of ether oxygens (including phenoxy) is 1. The van der Waals surface area contributed by atoms with Crippen LogP contribution in [-0.4, -0.2) is 37.1 Å². The van der Waals surface area contributed by atoms with Gasteiger partial charge >= 0.3 is 5.97 Å². The van der Waals surface area contributed by atoms with E-state index in [1.807, 2.05) is 6.07 Å². The summed E-state index contributed by atoms with van der Waals surface area (Å²) in [4.78, 5) is 13.6. The van der Waals surface area contributed by atoms with Crippen molar-refractivity contribution in [2.45, 2.75) is 32.4 Å². The van der Waals surface area contributed by atoms with Crippen molar-refractivity contribution in [2.75, 3.05) is 20.2 Å². The molecule has 1 aromatic heterocycles. The van der Waals surface area contributed by atoms with Gasteiger partial charge in [-0.15, -0.1) is 0 Å². The van der Waals surface area contributed by atoms with E-state index in [4.69, 9.17) is 10.2 Å². The fourth-order valence-corrected chi connectivity index (χ4v) is 2.53. The molecule has 1 saturated heterocycles. The van der Waals surface area contributed by atoms with Crippen LogP contribution in [0.2, 0.25) is 0 Å². The van der Waals surface area contributed by atoms with Crippen molar-refractivity contribution in [2.24, 2.45) is 11.7 Å². The van der Waals surface area contributed by atoms with Gasteiger partial charge in [-0.2, -0.15) is 0 Å². The maximum absolute atomic E-state index is 11.3. The molecule has 0 amide bonds. The van der Waals surface area contributed by atoms with Crippen LogP contribution in [0.25, 0.3) is 0 Å². The standard InChI is InChI=1S/C14H22N2O3/c1-10(15)11-5-7-16(8-6-11)9-12-3-4-13(19-12)14(17)18-2/h3-4,10-11H,5-9,15H2,1-2H3. The van der Waals surface area contributed by atoms with E-state index in [1.54, 1.807) is 6.07 Å². The van der Waals surface area contributed by atoms with Crippen molar-refractivity contribution in [3.05, 3.63) is 23.7 Å². The van der Waals surface area contributed by atoms with Crippen molar-refractivity contribution in [3.8, 4) is 0 Å². The Hall–Kier alpha value is -1.33. The number of hydrogen-bond acceptors (Lipinski definition) is 5. The van der Waals surface area contributed by atoms with Crippen LogP contribution in [-0.2, 0) is 11.3 Å². The van der Waals surface area contributed by atoms with Gasteiger partial charge in [0.25, 0.3) is 0 Å². The Morgan fingerprint density at radius 2 is 2.21 bits per heavy atom. The molecule has 2 N–H and O–H groups in total. The van der Waals surface area contributed by atoms with E-state index in [-0.39, 0.29) is 11.8 Å². The highest BCUT2D eigenvalue weighted by atomic mass is 16.5. The third kappa shape index (κ3) is 3.58. The smallest absolute Gasteiger partial charge is 0.373 e. The predicted octanol–water partition coefficient (Wildman–Crippen LogP) is 1.63. The largest absolute Gasteiger partial charge is 0.463 e. The Bertz CT molecular complexity index is 420. The summed E-state index contributed by atoms with van der Waals surface area (Å²) in [7, 11) is 1.35. The summed E-state index contributed by atoms with van der Waals surface area (Å²) in [5, 5.41) is 0. The van der Waals surface area contributed by atoms with Crippen molar-refractivity contribution in [3.63, 3.8) is 0 Å². The molecule has 2 heterocycles. The summed E-state index contributed by atoms with van der Waals surface area (Å²) in [6.07, 6.45) is 2.25. The quantitative estimate of drug-likeness (QED) is 0.839. The number of hydrogen-bond donors (Lipinski definition) is 1. The number of nitrogens with two attached hydrogens (primary N) is 1. The number of carbonyl (C=O) groups excluding carboxylic acids is 1. The molecule has 1 aliphatic rings. The Balaban J connectivity index is 1.85. The van der Waals surface area contributed by atoms with Gasteiger partial charge in [0, 0.05) is 6.04 Å². The van der Waals surface area contributed by atoms with E-state index in [9.17, 15) is 4.79 Å². The zero-order valence-corrected chi connectivity index (χ0v) is 11.6. The van der Waals surface area contributed by atoms with Gasteiger partial charge in [-0.05, 0) is 50.9 Å². The lowest BCUT2D eigenvalue weighted by molar-refractivity contribution is 0.0560. The van der Waals surface area contributed by atoms with Crippen molar-refractivity contribution >= 4 is 5.97 Å². The molecule has 0 bridgehead atoms. The van der Waals surface area contributed by atoms with Crippen LogP contribution >= 0.6 is 0 Å². The highest BCUT2D eigenvalue weighted by Crippen LogP contribution is 2.21. The highest BCUT2D eigenvalue weighted by molar-refractivity contribution is 5.86. The molecule has 1 unspecified atom stereocenters. The van der Waals surface area contributed by atoms with Gasteiger partial charge in [0.15, 0.2) is 0 Å². The maximum Gasteiger partial charge on any atom is 0.373 e. The second-order valence-electron chi connectivity index (χ2n) is 5.23. The highest BCUT2D eigenvalue weighted by Gasteiger charge is 2.22. The number of likely N-dealkylation sites (tertiary alicyclic amines) is 1. The Morgan fingerprint density at radius 3 is 2.79 bits per heavy atom. The molecule has 1 aliphatic heterocycles. The van der Waals surface area contributed by atoms with Crippen LogP contribution in [0.3, 0.4) is 0 Å². The molecule has 2 rings (SSSR count). The van der Waals surface area contributed by atoms with E-state index >= 15 is 0 Å². The zero-order valence-electron chi connectivity index (χ0n) is 11.6. The molecule has 19 heavy (non-hydrogen) atoms. The SMILES string of the molecule is COC(=O)c1ccc(CN2CCC(C(C)N)CC2)o1. The second-order valence-corrected chi connectivity index (χ2v) is 5.23. The predicted molar refractivity (Wildman–Crippen MR) is 71.7 cm³/mol. The minimum Gasteiger partial charge on any atom is -0.463 e. The average Bonchev–Trinajstić information content (AvgIpc) is 2.87. The molecule has 1 atom stereocenters. The Morgan fingerprint density at radius 1 is 1.53 bits per heavy atom. The summed E-state index contributed by atoms with van der Waals surface area (Å²) in [5.74, 6) is 1.27. The van der Waals surface area contributed by atoms with Gasteiger partial charge in [0.05, 0.1) is 13.7 Å². The number of piperidine rings is 1. The fraction of sp³-hybridized carbons (Fsp3) is 0.643. The second kappa shape index (κ2) is 6.21. The average molecular weight is 266 g/mol. The normalized spacial score (nSPS) is 19.3. The first-order valence-corrected chi connectivity index (χ1v) is 6.75. The van der Waals surface area contributed by atoms with Crippen molar-refractivity contribution in [1.82, 2.24) is 4.90 Å². The third-order valence-corrected chi connectivity index (χ3v) is 3.80. The topological polar surface area (TPSA) is 68.7 Å². The van der Waals surface area contributed by atoms with Crippen molar-refractivity contribution in [1.29, 1.82) is 0 Å². The molecule has 0 spiro atoms. The van der Waals surface area contributed by atoms with E-state index in [0.717, 1.165) is 38.2 Å². The van der Waals surface area contributed by atoms with E-state index in [0.29, 0.717) is 5.92 Å². The van der Waals surface area contributed by atoms with Crippen LogP contribution in [0.5, 0.6) is 0 Å². The summed E-state index contributed by atoms with van der Waals surface area (Å²) in [6, 6.07) is 3.77. The van der Waals surface area contributed by atoms with Crippen LogP contribution in [0, 0.1) is 5.92 Å². The molecule has 1 aromatic rings. The molecule has 0 radical (unpaired) electrons. The Labute approximate surface area is 113 Å². The molecule has 106 valence electrons. The van der Waals surface area contributed by atoms with E-state index in [1.165, 1.54) is 7.11 Å². The summed E-state index contributed by atoms with van der Waals surface area (Å²) < 4.78 is 10.1. The van der Waals surface area contributed by atoms with Gasteiger partial charge in [0.1, 0.15) is 5.76 Å². The number of esters is 1. The zero-order chi connectivity index (χ0) is 13.8. The molecule has 1 fully saturated rings. The molecule has 5 heteroatoms. The lowest BCUT2D eigenvalue weighted by Gasteiger charge is -2.33. The third-order valence-electron chi connectivity index (χ3n) is 3.80. The summed E-state index contributed by atoms with van der Waals surface area (Å²) >= 11 is 0. The number of carbonyl (C=O) groups is 1. The molecule has 0 saturated carbocycles. The Kier molecular flexibility index (Phi) is 4.61. The number of furan rings is 1. The van der Waals surface area contributed by atoms with E-state index < -0.39 is 5.97 Å². The number of methoxy groups -OCH3 is 1. The minimum atomic E-state index is -0.429. The lowest BCUT2D eigenvalue weighted by Crippen LogP contribution is -2.39. The molecule has 5 nitrogen and oxygen atoms in total. The number of nitrogens with zero attached hydrogens (tertiary/aromatic N) is 1. The maximum atomic E-state index is 11.3. The molecule has 0 aromatic carbocycles.